The number of carbonyl (C=O) groups is 1. The zero-order chi connectivity index (χ0) is 8.53. The topological polar surface area (TPSA) is 46.5 Å². The highest BCUT2D eigenvalue weighted by Gasteiger charge is 1.97. The minimum absolute atomic E-state index is 0.0833. The number of alkyl halides is 1. The van der Waals surface area contributed by atoms with E-state index in [1.165, 1.54) is 0 Å². The second-order valence-electron chi connectivity index (χ2n) is 2.14. The first kappa shape index (κ1) is 10.7. The van der Waals surface area contributed by atoms with Crippen LogP contribution in [0.25, 0.3) is 0 Å². The summed E-state index contributed by atoms with van der Waals surface area (Å²) in [7, 11) is 0. The SMILES string of the molecule is O=C(CCl)OCCCCCO. The molecule has 0 atom stereocenters. The highest BCUT2D eigenvalue weighted by Crippen LogP contribution is 1.95. The van der Waals surface area contributed by atoms with Crippen LogP contribution in [0.2, 0.25) is 0 Å². The lowest BCUT2D eigenvalue weighted by molar-refractivity contribution is -0.140. The van der Waals surface area contributed by atoms with Crippen molar-refractivity contribution in [3.63, 3.8) is 0 Å². The van der Waals surface area contributed by atoms with E-state index in [-0.39, 0.29) is 18.5 Å². The fourth-order valence-corrected chi connectivity index (χ4v) is 0.692. The van der Waals surface area contributed by atoms with Crippen LogP contribution in [0.1, 0.15) is 19.3 Å². The van der Waals surface area contributed by atoms with Crippen molar-refractivity contribution < 1.29 is 14.6 Å². The first-order chi connectivity index (χ1) is 5.31. The molecule has 0 aliphatic heterocycles. The van der Waals surface area contributed by atoms with Crippen LogP contribution in [0.15, 0.2) is 0 Å². The van der Waals surface area contributed by atoms with Crippen LogP contribution < -0.4 is 0 Å². The third-order valence-corrected chi connectivity index (χ3v) is 1.39. The average Bonchev–Trinajstić information content (AvgIpc) is 2.04. The third-order valence-electron chi connectivity index (χ3n) is 1.17. The van der Waals surface area contributed by atoms with E-state index in [0.717, 1.165) is 19.3 Å². The number of halogens is 1. The zero-order valence-electron chi connectivity index (χ0n) is 6.38. The number of hydrogen-bond acceptors (Lipinski definition) is 3. The molecule has 0 aromatic heterocycles. The molecule has 4 heteroatoms. The standard InChI is InChI=1S/C7H13ClO3/c8-6-7(10)11-5-3-1-2-4-9/h9H,1-6H2. The molecular weight excluding hydrogens is 168 g/mol. The molecular formula is C7H13ClO3. The van der Waals surface area contributed by atoms with E-state index in [4.69, 9.17) is 16.7 Å². The van der Waals surface area contributed by atoms with Gasteiger partial charge in [-0.25, -0.2) is 0 Å². The molecule has 0 saturated carbocycles. The molecule has 0 rings (SSSR count). The van der Waals surface area contributed by atoms with Gasteiger partial charge in [-0.1, -0.05) is 0 Å². The smallest absolute Gasteiger partial charge is 0.320 e. The van der Waals surface area contributed by atoms with Crippen molar-refractivity contribution in [2.24, 2.45) is 0 Å². The highest BCUT2D eigenvalue weighted by molar-refractivity contribution is 6.26. The fraction of sp³-hybridized carbons (Fsp3) is 0.857. The monoisotopic (exact) mass is 180 g/mol. The number of ether oxygens (including phenoxy) is 1. The van der Waals surface area contributed by atoms with Crippen LogP contribution in [-0.2, 0) is 9.53 Å². The Balaban J connectivity index is 2.95. The van der Waals surface area contributed by atoms with Crippen LogP contribution >= 0.6 is 11.6 Å². The van der Waals surface area contributed by atoms with Gasteiger partial charge in [0.25, 0.3) is 0 Å². The Morgan fingerprint density at radius 1 is 1.36 bits per heavy atom. The third kappa shape index (κ3) is 7.62. The van der Waals surface area contributed by atoms with Gasteiger partial charge in [-0.3, -0.25) is 4.79 Å². The molecule has 0 heterocycles. The van der Waals surface area contributed by atoms with Crippen molar-refractivity contribution in [3.05, 3.63) is 0 Å². The van der Waals surface area contributed by atoms with Gasteiger partial charge < -0.3 is 9.84 Å². The van der Waals surface area contributed by atoms with Crippen molar-refractivity contribution in [2.75, 3.05) is 19.1 Å². The largest absolute Gasteiger partial charge is 0.465 e. The van der Waals surface area contributed by atoms with E-state index < -0.39 is 0 Å². The molecule has 0 bridgehead atoms. The van der Waals surface area contributed by atoms with E-state index in [0.29, 0.717) is 6.61 Å². The molecule has 0 unspecified atom stereocenters. The predicted octanol–water partition coefficient (Wildman–Crippen LogP) is 0.931. The second kappa shape index (κ2) is 7.82. The summed E-state index contributed by atoms with van der Waals surface area (Å²) in [5.41, 5.74) is 0. The van der Waals surface area contributed by atoms with Crippen molar-refractivity contribution in [1.29, 1.82) is 0 Å². The number of aliphatic hydroxyl groups is 1. The average molecular weight is 181 g/mol. The first-order valence-corrected chi connectivity index (χ1v) is 4.17. The highest BCUT2D eigenvalue weighted by atomic mass is 35.5. The Kier molecular flexibility index (Phi) is 7.62. The van der Waals surface area contributed by atoms with Crippen molar-refractivity contribution in [2.45, 2.75) is 19.3 Å². The summed E-state index contributed by atoms with van der Waals surface area (Å²) in [5, 5.41) is 8.39. The predicted molar refractivity (Wildman–Crippen MR) is 42.6 cm³/mol. The van der Waals surface area contributed by atoms with Gasteiger partial charge in [0.1, 0.15) is 5.88 Å². The van der Waals surface area contributed by atoms with E-state index in [9.17, 15) is 4.79 Å². The number of rotatable bonds is 6. The minimum atomic E-state index is -0.379. The second-order valence-corrected chi connectivity index (χ2v) is 2.41. The Morgan fingerprint density at radius 2 is 2.09 bits per heavy atom. The maximum absolute atomic E-state index is 10.4. The van der Waals surface area contributed by atoms with Gasteiger partial charge in [0.15, 0.2) is 0 Å². The first-order valence-electron chi connectivity index (χ1n) is 3.63. The molecule has 0 aromatic carbocycles. The molecule has 0 aliphatic carbocycles. The lowest BCUT2D eigenvalue weighted by Crippen LogP contribution is -2.06. The molecule has 0 spiro atoms. The summed E-state index contributed by atoms with van der Waals surface area (Å²) in [5.74, 6) is -0.462. The quantitative estimate of drug-likeness (QED) is 0.376. The Bertz CT molecular complexity index is 106. The lowest BCUT2D eigenvalue weighted by Gasteiger charge is -2.00. The molecule has 0 fully saturated rings. The molecule has 0 aliphatic rings. The van der Waals surface area contributed by atoms with Gasteiger partial charge in [0.2, 0.25) is 0 Å². The molecule has 0 radical (unpaired) electrons. The normalized spacial score (nSPS) is 9.64. The van der Waals surface area contributed by atoms with Gasteiger partial charge in [0.05, 0.1) is 6.61 Å². The summed E-state index contributed by atoms with van der Waals surface area (Å²) in [6.45, 7) is 0.606. The van der Waals surface area contributed by atoms with Crippen molar-refractivity contribution >= 4 is 17.6 Å². The van der Waals surface area contributed by atoms with Gasteiger partial charge in [-0.05, 0) is 19.3 Å². The fourth-order valence-electron chi connectivity index (χ4n) is 0.615. The summed E-state index contributed by atoms with van der Waals surface area (Å²) < 4.78 is 4.69. The molecule has 1 N–H and O–H groups in total. The summed E-state index contributed by atoms with van der Waals surface area (Å²) >= 11 is 5.18. The Labute approximate surface area is 71.3 Å². The van der Waals surface area contributed by atoms with Gasteiger partial charge in [-0.2, -0.15) is 0 Å². The molecule has 0 amide bonds. The number of hydrogen-bond donors (Lipinski definition) is 1. The zero-order valence-corrected chi connectivity index (χ0v) is 7.14. The van der Waals surface area contributed by atoms with Gasteiger partial charge in [-0.15, -0.1) is 11.6 Å². The minimum Gasteiger partial charge on any atom is -0.465 e. The number of esters is 1. The summed E-state index contributed by atoms with van der Waals surface area (Å²) in [4.78, 5) is 10.4. The molecule has 0 saturated heterocycles. The van der Waals surface area contributed by atoms with E-state index in [1.54, 1.807) is 0 Å². The van der Waals surface area contributed by atoms with Crippen molar-refractivity contribution in [1.82, 2.24) is 0 Å². The molecule has 11 heavy (non-hydrogen) atoms. The summed E-state index contributed by atoms with van der Waals surface area (Å²) in [6, 6.07) is 0. The maximum Gasteiger partial charge on any atom is 0.320 e. The lowest BCUT2D eigenvalue weighted by atomic mass is 10.2. The molecule has 66 valence electrons. The van der Waals surface area contributed by atoms with Crippen LogP contribution in [0.4, 0.5) is 0 Å². The van der Waals surface area contributed by atoms with Gasteiger partial charge >= 0.3 is 5.97 Å². The maximum atomic E-state index is 10.4. The van der Waals surface area contributed by atoms with Crippen LogP contribution in [0.5, 0.6) is 0 Å². The Morgan fingerprint density at radius 3 is 2.64 bits per heavy atom. The molecule has 3 nitrogen and oxygen atoms in total. The summed E-state index contributed by atoms with van der Waals surface area (Å²) in [6.07, 6.45) is 2.44. The molecule has 0 aromatic rings. The van der Waals surface area contributed by atoms with Crippen LogP contribution in [0.3, 0.4) is 0 Å². The van der Waals surface area contributed by atoms with E-state index >= 15 is 0 Å². The van der Waals surface area contributed by atoms with Crippen LogP contribution in [-0.4, -0.2) is 30.2 Å². The number of unbranched alkanes of at least 4 members (excludes halogenated alkanes) is 2. The number of carbonyl (C=O) groups excluding carboxylic acids is 1. The van der Waals surface area contributed by atoms with Crippen molar-refractivity contribution in [3.8, 4) is 0 Å². The van der Waals surface area contributed by atoms with E-state index in [1.807, 2.05) is 0 Å². The Hall–Kier alpha value is -0.280. The van der Waals surface area contributed by atoms with Crippen LogP contribution in [0, 0.1) is 0 Å². The van der Waals surface area contributed by atoms with Gasteiger partial charge in [0, 0.05) is 6.61 Å². The number of aliphatic hydroxyl groups excluding tert-OH is 1. The van der Waals surface area contributed by atoms with E-state index in [2.05, 4.69) is 4.74 Å².